The first-order chi connectivity index (χ1) is 13.9. The third kappa shape index (κ3) is 4.55. The fraction of sp³-hybridized carbons (Fsp3) is 0.292. The average Bonchev–Trinajstić information content (AvgIpc) is 3.06. The second-order valence-electron chi connectivity index (χ2n) is 7.51. The van der Waals surface area contributed by atoms with Crippen molar-refractivity contribution in [2.75, 3.05) is 11.5 Å². The van der Waals surface area contributed by atoms with E-state index in [1.807, 2.05) is 61.5 Å². The van der Waals surface area contributed by atoms with Crippen LogP contribution in [0.3, 0.4) is 0 Å². The number of ether oxygens (including phenoxy) is 1. The Balaban J connectivity index is 1.66. The Morgan fingerprint density at radius 3 is 2.55 bits per heavy atom. The predicted octanol–water partition coefficient (Wildman–Crippen LogP) is 4.24. The zero-order valence-corrected chi connectivity index (χ0v) is 16.9. The molecule has 1 amide bonds. The number of rotatable bonds is 5. The number of nitriles is 1. The van der Waals surface area contributed by atoms with Gasteiger partial charge in [0, 0.05) is 11.7 Å². The molecule has 1 atom stereocenters. The van der Waals surface area contributed by atoms with Crippen LogP contribution >= 0.6 is 0 Å². The number of benzene rings is 2. The number of para-hydroxylation sites is 1. The van der Waals surface area contributed by atoms with Gasteiger partial charge in [-0.2, -0.15) is 5.26 Å². The summed E-state index contributed by atoms with van der Waals surface area (Å²) in [7, 11) is 0. The SMILES string of the molecule is CC(C)c1ccc(/C=C(\C#N)C(=O)OCC(=O)N2c3ccccc3C[C@@H]2C)cc1. The predicted molar refractivity (Wildman–Crippen MR) is 112 cm³/mol. The molecule has 148 valence electrons. The van der Waals surface area contributed by atoms with Crippen molar-refractivity contribution in [2.45, 2.75) is 39.2 Å². The molecule has 2 aromatic carbocycles. The molecule has 0 spiro atoms. The van der Waals surface area contributed by atoms with Crippen LogP contribution in [-0.2, 0) is 20.7 Å². The molecule has 0 aromatic heterocycles. The van der Waals surface area contributed by atoms with Gasteiger partial charge in [-0.25, -0.2) is 4.79 Å². The van der Waals surface area contributed by atoms with Crippen molar-refractivity contribution in [1.29, 1.82) is 5.26 Å². The smallest absolute Gasteiger partial charge is 0.349 e. The molecule has 0 aliphatic carbocycles. The van der Waals surface area contributed by atoms with Crippen LogP contribution in [0.4, 0.5) is 5.69 Å². The van der Waals surface area contributed by atoms with E-state index in [9.17, 15) is 14.9 Å². The van der Waals surface area contributed by atoms with E-state index in [0.29, 0.717) is 5.92 Å². The monoisotopic (exact) mass is 388 g/mol. The fourth-order valence-corrected chi connectivity index (χ4v) is 3.50. The molecule has 5 heteroatoms. The van der Waals surface area contributed by atoms with Crippen LogP contribution in [0.15, 0.2) is 54.1 Å². The summed E-state index contributed by atoms with van der Waals surface area (Å²) in [5, 5.41) is 9.34. The van der Waals surface area contributed by atoms with Gasteiger partial charge in [0.25, 0.3) is 5.91 Å². The van der Waals surface area contributed by atoms with Gasteiger partial charge in [-0.3, -0.25) is 4.79 Å². The van der Waals surface area contributed by atoms with Crippen LogP contribution in [0.1, 0.15) is 43.4 Å². The number of anilines is 1. The van der Waals surface area contributed by atoms with E-state index in [-0.39, 0.29) is 17.5 Å². The lowest BCUT2D eigenvalue weighted by Crippen LogP contribution is -2.38. The van der Waals surface area contributed by atoms with Crippen LogP contribution in [0, 0.1) is 11.3 Å². The zero-order valence-electron chi connectivity index (χ0n) is 16.9. The number of hydrogen-bond donors (Lipinski definition) is 0. The second-order valence-corrected chi connectivity index (χ2v) is 7.51. The molecular weight excluding hydrogens is 364 g/mol. The van der Waals surface area contributed by atoms with E-state index in [2.05, 4.69) is 13.8 Å². The van der Waals surface area contributed by atoms with Crippen molar-refractivity contribution >= 4 is 23.6 Å². The lowest BCUT2D eigenvalue weighted by molar-refractivity contribution is -0.143. The molecule has 0 unspecified atom stereocenters. The average molecular weight is 388 g/mol. The summed E-state index contributed by atoms with van der Waals surface area (Å²) in [6, 6.07) is 17.2. The molecule has 0 saturated heterocycles. The van der Waals surface area contributed by atoms with Gasteiger partial charge in [-0.1, -0.05) is 56.3 Å². The summed E-state index contributed by atoms with van der Waals surface area (Å²) in [5.41, 5.74) is 3.72. The summed E-state index contributed by atoms with van der Waals surface area (Å²) in [4.78, 5) is 26.6. The van der Waals surface area contributed by atoms with Gasteiger partial charge < -0.3 is 9.64 Å². The molecule has 2 aromatic rings. The van der Waals surface area contributed by atoms with Gasteiger partial charge in [0.05, 0.1) is 0 Å². The van der Waals surface area contributed by atoms with Crippen LogP contribution in [0.25, 0.3) is 6.08 Å². The van der Waals surface area contributed by atoms with Gasteiger partial charge in [0.1, 0.15) is 11.6 Å². The van der Waals surface area contributed by atoms with Crippen LogP contribution < -0.4 is 4.90 Å². The molecule has 0 N–H and O–H groups in total. The highest BCUT2D eigenvalue weighted by Gasteiger charge is 2.31. The number of esters is 1. The Labute approximate surface area is 171 Å². The third-order valence-corrected chi connectivity index (χ3v) is 5.06. The quantitative estimate of drug-likeness (QED) is 0.436. The Kier molecular flexibility index (Phi) is 6.13. The van der Waals surface area contributed by atoms with E-state index in [1.165, 1.54) is 11.6 Å². The highest BCUT2D eigenvalue weighted by atomic mass is 16.5. The highest BCUT2D eigenvalue weighted by Crippen LogP contribution is 2.31. The lowest BCUT2D eigenvalue weighted by Gasteiger charge is -2.22. The first-order valence-corrected chi connectivity index (χ1v) is 9.69. The molecule has 0 saturated carbocycles. The first kappa shape index (κ1) is 20.3. The van der Waals surface area contributed by atoms with Gasteiger partial charge in [0.15, 0.2) is 6.61 Å². The maximum atomic E-state index is 12.6. The number of hydrogen-bond acceptors (Lipinski definition) is 4. The van der Waals surface area contributed by atoms with Crippen molar-refractivity contribution in [2.24, 2.45) is 0 Å². The van der Waals surface area contributed by atoms with Gasteiger partial charge >= 0.3 is 5.97 Å². The van der Waals surface area contributed by atoms with Crippen molar-refractivity contribution < 1.29 is 14.3 Å². The molecule has 0 fully saturated rings. The maximum Gasteiger partial charge on any atom is 0.349 e. The Morgan fingerprint density at radius 2 is 1.90 bits per heavy atom. The van der Waals surface area contributed by atoms with E-state index in [4.69, 9.17) is 4.74 Å². The summed E-state index contributed by atoms with van der Waals surface area (Å²) in [6.07, 6.45) is 2.25. The van der Waals surface area contributed by atoms with E-state index < -0.39 is 12.6 Å². The van der Waals surface area contributed by atoms with Gasteiger partial charge in [0.2, 0.25) is 0 Å². The Hall–Kier alpha value is -3.39. The second kappa shape index (κ2) is 8.74. The van der Waals surface area contributed by atoms with Gasteiger partial charge in [-0.15, -0.1) is 0 Å². The van der Waals surface area contributed by atoms with Crippen molar-refractivity contribution in [1.82, 2.24) is 0 Å². The number of fused-ring (bicyclic) bond motifs is 1. The van der Waals surface area contributed by atoms with Gasteiger partial charge in [-0.05, 0) is 48.1 Å². The summed E-state index contributed by atoms with van der Waals surface area (Å²) in [6.45, 7) is 5.75. The van der Waals surface area contributed by atoms with Crippen LogP contribution in [-0.4, -0.2) is 24.5 Å². The minimum absolute atomic E-state index is 0.00375. The maximum absolute atomic E-state index is 12.6. The molecule has 1 heterocycles. The molecule has 3 rings (SSSR count). The molecule has 1 aliphatic heterocycles. The highest BCUT2D eigenvalue weighted by molar-refractivity contribution is 6.01. The number of amides is 1. The normalized spacial score (nSPS) is 15.8. The number of nitrogens with zero attached hydrogens (tertiary/aromatic N) is 2. The third-order valence-electron chi connectivity index (χ3n) is 5.06. The summed E-state index contributed by atoms with van der Waals surface area (Å²) < 4.78 is 5.15. The number of carbonyl (C=O) groups is 2. The Morgan fingerprint density at radius 1 is 1.21 bits per heavy atom. The van der Waals surface area contributed by atoms with E-state index in [1.54, 1.807) is 4.90 Å². The van der Waals surface area contributed by atoms with E-state index >= 15 is 0 Å². The molecule has 0 radical (unpaired) electrons. The zero-order chi connectivity index (χ0) is 21.0. The van der Waals surface area contributed by atoms with Crippen LogP contribution in [0.5, 0.6) is 0 Å². The molecule has 0 bridgehead atoms. The Bertz CT molecular complexity index is 984. The standard InChI is InChI=1S/C24H24N2O3/c1-16(2)19-10-8-18(9-11-19)13-21(14-25)24(28)29-15-23(27)26-17(3)12-20-6-4-5-7-22(20)26/h4-11,13,16-17H,12,15H2,1-3H3/b21-13+/t17-/m0/s1. The molecule has 5 nitrogen and oxygen atoms in total. The summed E-state index contributed by atoms with van der Waals surface area (Å²) >= 11 is 0. The van der Waals surface area contributed by atoms with Crippen molar-refractivity contribution in [3.63, 3.8) is 0 Å². The lowest BCUT2D eigenvalue weighted by atomic mass is 10.0. The van der Waals surface area contributed by atoms with E-state index in [0.717, 1.165) is 23.2 Å². The topological polar surface area (TPSA) is 70.4 Å². The minimum atomic E-state index is -0.797. The molecular formula is C24H24N2O3. The van der Waals surface area contributed by atoms with Crippen molar-refractivity contribution in [3.8, 4) is 6.07 Å². The minimum Gasteiger partial charge on any atom is -0.451 e. The largest absolute Gasteiger partial charge is 0.451 e. The van der Waals surface area contributed by atoms with Crippen LogP contribution in [0.2, 0.25) is 0 Å². The fourth-order valence-electron chi connectivity index (χ4n) is 3.50. The molecule has 1 aliphatic rings. The number of carbonyl (C=O) groups excluding carboxylic acids is 2. The first-order valence-electron chi connectivity index (χ1n) is 9.69. The molecule has 29 heavy (non-hydrogen) atoms. The summed E-state index contributed by atoms with van der Waals surface area (Å²) in [5.74, 6) is -0.694. The van der Waals surface area contributed by atoms with Crippen molar-refractivity contribution in [3.05, 3.63) is 70.8 Å².